The van der Waals surface area contributed by atoms with Crippen molar-refractivity contribution in [2.24, 2.45) is 23.7 Å². The summed E-state index contributed by atoms with van der Waals surface area (Å²) in [6.07, 6.45) is 2.20. The number of imide groups is 2. The van der Waals surface area contributed by atoms with Crippen LogP contribution >= 0.6 is 11.6 Å². The van der Waals surface area contributed by atoms with Gasteiger partial charge in [0.05, 0.1) is 40.1 Å². The molecule has 10 heteroatoms. The molecule has 4 aromatic carbocycles. The number of allylic oxidation sites excluding steroid dienone is 2. The minimum absolute atomic E-state index is 0.0161. The Morgan fingerprint density at radius 3 is 2.22 bits per heavy atom. The number of nitrogens with zero attached hydrogens (tertiary/aromatic N) is 2. The molecule has 0 spiro atoms. The number of aromatic hydroxyl groups is 1. The van der Waals surface area contributed by atoms with Crippen molar-refractivity contribution < 1.29 is 34.2 Å². The van der Waals surface area contributed by atoms with Crippen LogP contribution in [0, 0.1) is 30.6 Å². The van der Waals surface area contributed by atoms with Gasteiger partial charge in [-0.25, -0.2) is 9.69 Å². The SMILES string of the molecule is Cc1cccc([C@H]2C3=CC[C@@H]4C(=O)N(c5cccc(C(=O)O)c5)C(=O)[C@@H]4[C@@H]3C[C@H]3C(=O)N(c4cccc(Cl)c4)C(=O)[C@@]23c2ccccc2)c1O. The molecule has 2 saturated heterocycles. The summed E-state index contributed by atoms with van der Waals surface area (Å²) in [6, 6.07) is 26.7. The van der Waals surface area contributed by atoms with Crippen molar-refractivity contribution in [3.8, 4) is 5.75 Å². The molecule has 8 rings (SSSR count). The van der Waals surface area contributed by atoms with E-state index in [-0.39, 0.29) is 29.8 Å². The number of hydrogen-bond donors (Lipinski definition) is 2. The standard InChI is InChI=1S/C40H31ClN2O7/c1-21-8-5-15-29(34(21)44)33-27-16-17-28-32(37(47)42(35(28)45)25-13-6-9-22(18-25)38(48)49)30(27)20-31-36(46)43(26-14-7-12-24(41)19-26)39(50)40(31,33)23-10-3-2-4-11-23/h2-16,18-19,28,30-33,44H,17,20H2,1H3,(H,48,49)/t28-,30+,31-,32-,33+,40+/m0/s1. The van der Waals surface area contributed by atoms with Gasteiger partial charge in [-0.2, -0.15) is 0 Å². The molecule has 0 aromatic heterocycles. The Balaban J connectivity index is 1.35. The first-order valence-electron chi connectivity index (χ1n) is 16.4. The van der Waals surface area contributed by atoms with Crippen molar-refractivity contribution in [1.82, 2.24) is 0 Å². The van der Waals surface area contributed by atoms with Crippen LogP contribution < -0.4 is 9.80 Å². The zero-order valence-electron chi connectivity index (χ0n) is 26.8. The van der Waals surface area contributed by atoms with Gasteiger partial charge in [-0.15, -0.1) is 0 Å². The van der Waals surface area contributed by atoms with Crippen molar-refractivity contribution in [1.29, 1.82) is 0 Å². The Morgan fingerprint density at radius 2 is 1.50 bits per heavy atom. The van der Waals surface area contributed by atoms with E-state index in [9.17, 15) is 29.4 Å². The summed E-state index contributed by atoms with van der Waals surface area (Å²) in [5, 5.41) is 21.7. The number of halogens is 1. The van der Waals surface area contributed by atoms with Crippen molar-refractivity contribution in [3.63, 3.8) is 0 Å². The summed E-state index contributed by atoms with van der Waals surface area (Å²) in [6.45, 7) is 1.76. The molecule has 4 aromatic rings. The van der Waals surface area contributed by atoms with Crippen molar-refractivity contribution >= 4 is 52.6 Å². The number of carbonyl (C=O) groups excluding carboxylic acids is 4. The molecule has 50 heavy (non-hydrogen) atoms. The summed E-state index contributed by atoms with van der Waals surface area (Å²) in [4.78, 5) is 72.6. The molecule has 3 fully saturated rings. The molecule has 1 saturated carbocycles. The number of aromatic carboxylic acids is 1. The number of amides is 4. The number of phenolic OH excluding ortho intramolecular Hbond substituents is 1. The first-order valence-corrected chi connectivity index (χ1v) is 16.8. The van der Waals surface area contributed by atoms with E-state index >= 15 is 4.79 Å². The average Bonchev–Trinajstić information content (AvgIpc) is 3.50. The molecule has 0 radical (unpaired) electrons. The predicted octanol–water partition coefficient (Wildman–Crippen LogP) is 6.42. The zero-order valence-corrected chi connectivity index (χ0v) is 27.6. The van der Waals surface area contributed by atoms with E-state index in [1.807, 2.05) is 36.4 Å². The van der Waals surface area contributed by atoms with Crippen LogP contribution in [0.1, 0.15) is 45.8 Å². The number of phenols is 1. The van der Waals surface area contributed by atoms with E-state index in [1.54, 1.807) is 49.4 Å². The third kappa shape index (κ3) is 4.35. The fourth-order valence-electron chi connectivity index (χ4n) is 9.04. The molecular weight excluding hydrogens is 656 g/mol. The number of benzene rings is 4. The number of carboxylic acids is 1. The fraction of sp³-hybridized carbons (Fsp3) is 0.225. The molecule has 2 aliphatic heterocycles. The molecule has 4 aliphatic rings. The van der Waals surface area contributed by atoms with Gasteiger partial charge in [-0.05, 0) is 73.2 Å². The van der Waals surface area contributed by atoms with E-state index in [0.717, 1.165) is 4.90 Å². The van der Waals surface area contributed by atoms with Gasteiger partial charge in [-0.3, -0.25) is 24.1 Å². The molecule has 0 bridgehead atoms. The molecule has 2 N–H and O–H groups in total. The van der Waals surface area contributed by atoms with Gasteiger partial charge >= 0.3 is 5.97 Å². The van der Waals surface area contributed by atoms with Crippen molar-refractivity contribution in [2.45, 2.75) is 31.1 Å². The highest BCUT2D eigenvalue weighted by molar-refractivity contribution is 6.32. The second kappa shape index (κ2) is 11.5. The van der Waals surface area contributed by atoms with Gasteiger partial charge < -0.3 is 10.2 Å². The van der Waals surface area contributed by atoms with E-state index in [2.05, 4.69) is 0 Å². The van der Waals surface area contributed by atoms with Crippen LogP contribution in [0.3, 0.4) is 0 Å². The number of hydrogen-bond acceptors (Lipinski definition) is 6. The van der Waals surface area contributed by atoms with Gasteiger partial charge in [0, 0.05) is 16.5 Å². The first-order chi connectivity index (χ1) is 24.0. The predicted molar refractivity (Wildman–Crippen MR) is 185 cm³/mol. The van der Waals surface area contributed by atoms with Crippen molar-refractivity contribution in [3.05, 3.63) is 136 Å². The second-order valence-corrected chi connectivity index (χ2v) is 13.9. The van der Waals surface area contributed by atoms with Gasteiger partial charge in [0.25, 0.3) is 0 Å². The second-order valence-electron chi connectivity index (χ2n) is 13.5. The number of aryl methyl sites for hydroxylation is 1. The third-order valence-corrected chi connectivity index (χ3v) is 11.3. The lowest BCUT2D eigenvalue weighted by atomic mass is 9.49. The summed E-state index contributed by atoms with van der Waals surface area (Å²) in [7, 11) is 0. The number of rotatable bonds is 5. The Labute approximate surface area is 292 Å². The molecule has 250 valence electrons. The molecule has 4 amide bonds. The highest BCUT2D eigenvalue weighted by Crippen LogP contribution is 2.65. The fourth-order valence-corrected chi connectivity index (χ4v) is 9.22. The lowest BCUT2D eigenvalue weighted by molar-refractivity contribution is -0.127. The number of carbonyl (C=O) groups is 5. The Bertz CT molecular complexity index is 2180. The topological polar surface area (TPSA) is 132 Å². The maximum Gasteiger partial charge on any atom is 0.335 e. The van der Waals surface area contributed by atoms with Crippen LogP contribution in [0.4, 0.5) is 11.4 Å². The lowest BCUT2D eigenvalue weighted by Gasteiger charge is -2.50. The van der Waals surface area contributed by atoms with Crippen LogP contribution in [0.25, 0.3) is 0 Å². The molecular formula is C40H31ClN2O7. The van der Waals surface area contributed by atoms with Gasteiger partial charge in [0.1, 0.15) is 5.75 Å². The molecule has 0 unspecified atom stereocenters. The quantitative estimate of drug-likeness (QED) is 0.183. The lowest BCUT2D eigenvalue weighted by Crippen LogP contribution is -2.53. The van der Waals surface area contributed by atoms with Crippen LogP contribution in [0.15, 0.2) is 109 Å². The first kappa shape index (κ1) is 31.7. The van der Waals surface area contributed by atoms with Crippen LogP contribution in [0.5, 0.6) is 5.75 Å². The number of anilines is 2. The number of carboxylic acid groups (broad SMARTS) is 1. The monoisotopic (exact) mass is 686 g/mol. The van der Waals surface area contributed by atoms with Gasteiger partial charge in [0.15, 0.2) is 0 Å². The average molecular weight is 687 g/mol. The van der Waals surface area contributed by atoms with Gasteiger partial charge in [-0.1, -0.05) is 83.9 Å². The normalized spacial score (nSPS) is 27.2. The van der Waals surface area contributed by atoms with E-state index < -0.39 is 64.6 Å². The minimum atomic E-state index is -1.51. The van der Waals surface area contributed by atoms with Crippen LogP contribution in [0.2, 0.25) is 5.02 Å². The van der Waals surface area contributed by atoms with E-state index in [4.69, 9.17) is 11.6 Å². The highest BCUT2D eigenvalue weighted by atomic mass is 35.5. The molecule has 9 nitrogen and oxygen atoms in total. The summed E-state index contributed by atoms with van der Waals surface area (Å²) in [5.74, 6) is -7.17. The summed E-state index contributed by atoms with van der Waals surface area (Å²) >= 11 is 6.37. The Kier molecular flexibility index (Phi) is 7.31. The number of fused-ring (bicyclic) bond motifs is 4. The van der Waals surface area contributed by atoms with E-state index in [0.29, 0.717) is 33.0 Å². The third-order valence-electron chi connectivity index (χ3n) is 11.1. The largest absolute Gasteiger partial charge is 0.507 e. The maximum atomic E-state index is 15.3. The Morgan fingerprint density at radius 1 is 0.800 bits per heavy atom. The van der Waals surface area contributed by atoms with Gasteiger partial charge in [0.2, 0.25) is 23.6 Å². The Hall–Kier alpha value is -5.54. The van der Waals surface area contributed by atoms with Crippen molar-refractivity contribution in [2.75, 3.05) is 9.80 Å². The smallest absolute Gasteiger partial charge is 0.335 e. The van der Waals surface area contributed by atoms with Crippen LogP contribution in [-0.4, -0.2) is 39.8 Å². The summed E-state index contributed by atoms with van der Waals surface area (Å²) in [5.41, 5.74) is 1.25. The highest BCUT2D eigenvalue weighted by Gasteiger charge is 2.70. The zero-order chi connectivity index (χ0) is 35.1. The number of para-hydroxylation sites is 1. The van der Waals surface area contributed by atoms with Crippen LogP contribution in [-0.2, 0) is 24.6 Å². The molecule has 2 heterocycles. The maximum absolute atomic E-state index is 15.3. The van der Waals surface area contributed by atoms with E-state index in [1.165, 1.54) is 29.2 Å². The minimum Gasteiger partial charge on any atom is -0.507 e. The molecule has 6 atom stereocenters. The summed E-state index contributed by atoms with van der Waals surface area (Å²) < 4.78 is 0. The molecule has 2 aliphatic carbocycles.